The SMILES string of the molecule is Cc1cc(OCCCS(C)(=O)=O)c(Cl)c(C)c1-c1cccc(-c2ccc3cc(CCC(=O)O)ccc3n2)c1. The number of aromatic nitrogens is 1. The van der Waals surface area contributed by atoms with Crippen molar-refractivity contribution in [1.82, 2.24) is 4.98 Å². The molecular formula is C30H30ClNO5S. The second-order valence-electron chi connectivity index (χ2n) is 9.54. The lowest BCUT2D eigenvalue weighted by molar-refractivity contribution is -0.136. The van der Waals surface area contributed by atoms with Crippen molar-refractivity contribution in [3.63, 3.8) is 0 Å². The number of halogens is 1. The highest BCUT2D eigenvalue weighted by molar-refractivity contribution is 7.90. The molecule has 0 amide bonds. The fraction of sp³-hybridized carbons (Fsp3) is 0.267. The zero-order chi connectivity index (χ0) is 27.4. The standard InChI is InChI=1S/C30H30ClNO5S/c1-19-16-27(37-14-5-15-38(3,35)36)30(31)20(2)29(19)24-7-4-6-22(18-24)26-12-10-23-17-21(9-13-28(33)34)8-11-25(23)32-26/h4,6-8,10-12,16-18H,5,9,13-15H2,1-3H3,(H,33,34). The van der Waals surface area contributed by atoms with E-state index in [0.717, 1.165) is 50.0 Å². The maximum atomic E-state index is 11.4. The highest BCUT2D eigenvalue weighted by Gasteiger charge is 2.16. The molecule has 0 fully saturated rings. The molecule has 0 unspecified atom stereocenters. The number of hydrogen-bond acceptors (Lipinski definition) is 5. The largest absolute Gasteiger partial charge is 0.492 e. The van der Waals surface area contributed by atoms with Crippen LogP contribution in [0.1, 0.15) is 29.5 Å². The summed E-state index contributed by atoms with van der Waals surface area (Å²) in [6.07, 6.45) is 2.20. The van der Waals surface area contributed by atoms with Gasteiger partial charge in [-0.3, -0.25) is 4.79 Å². The van der Waals surface area contributed by atoms with Crippen LogP contribution in [0.25, 0.3) is 33.3 Å². The summed E-state index contributed by atoms with van der Waals surface area (Å²) in [5.41, 5.74) is 7.55. The number of carbonyl (C=O) groups is 1. The van der Waals surface area contributed by atoms with Gasteiger partial charge < -0.3 is 9.84 Å². The third-order valence-corrected chi connectivity index (χ3v) is 7.91. The first kappa shape index (κ1) is 27.6. The van der Waals surface area contributed by atoms with Crippen molar-refractivity contribution in [2.24, 2.45) is 0 Å². The fourth-order valence-electron chi connectivity index (χ4n) is 4.55. The topological polar surface area (TPSA) is 93.6 Å². The minimum Gasteiger partial charge on any atom is -0.492 e. The summed E-state index contributed by atoms with van der Waals surface area (Å²) in [7, 11) is -3.03. The quantitative estimate of drug-likeness (QED) is 0.221. The van der Waals surface area contributed by atoms with Crippen molar-refractivity contribution in [2.75, 3.05) is 18.6 Å². The summed E-state index contributed by atoms with van der Waals surface area (Å²) in [5, 5.41) is 10.4. The van der Waals surface area contributed by atoms with Crippen LogP contribution < -0.4 is 4.74 Å². The van der Waals surface area contributed by atoms with Crippen molar-refractivity contribution in [1.29, 1.82) is 0 Å². The minimum absolute atomic E-state index is 0.0716. The lowest BCUT2D eigenvalue weighted by Gasteiger charge is -2.17. The number of aryl methyl sites for hydroxylation is 2. The molecule has 4 aromatic rings. The summed E-state index contributed by atoms with van der Waals surface area (Å²) >= 11 is 6.68. The number of pyridine rings is 1. The van der Waals surface area contributed by atoms with Gasteiger partial charge in [0.05, 0.1) is 28.6 Å². The Hall–Kier alpha value is -3.42. The number of nitrogens with zero attached hydrogens (tertiary/aromatic N) is 1. The molecule has 0 aliphatic carbocycles. The molecule has 0 spiro atoms. The van der Waals surface area contributed by atoms with Crippen LogP contribution in [-0.4, -0.2) is 43.1 Å². The highest BCUT2D eigenvalue weighted by atomic mass is 35.5. The Morgan fingerprint density at radius 2 is 1.79 bits per heavy atom. The van der Waals surface area contributed by atoms with E-state index in [1.54, 1.807) is 0 Å². The van der Waals surface area contributed by atoms with Crippen molar-refractivity contribution in [2.45, 2.75) is 33.1 Å². The number of carboxylic acids is 1. The number of sulfone groups is 1. The summed E-state index contributed by atoms with van der Waals surface area (Å²) < 4.78 is 28.6. The second kappa shape index (κ2) is 11.5. The van der Waals surface area contributed by atoms with Crippen LogP contribution in [0.3, 0.4) is 0 Å². The summed E-state index contributed by atoms with van der Waals surface area (Å²) in [5.74, 6) is -0.187. The van der Waals surface area contributed by atoms with Crippen LogP contribution >= 0.6 is 11.6 Å². The molecule has 0 aliphatic rings. The maximum absolute atomic E-state index is 11.4. The maximum Gasteiger partial charge on any atom is 0.303 e. The molecule has 0 atom stereocenters. The molecule has 1 N–H and O–H groups in total. The van der Waals surface area contributed by atoms with Gasteiger partial charge in [0, 0.05) is 23.6 Å². The molecule has 4 rings (SSSR count). The lowest BCUT2D eigenvalue weighted by Crippen LogP contribution is -2.08. The Morgan fingerprint density at radius 1 is 1.03 bits per heavy atom. The zero-order valence-corrected chi connectivity index (χ0v) is 23.2. The number of carboxylic acid groups (broad SMARTS) is 1. The molecule has 0 radical (unpaired) electrons. The minimum atomic E-state index is -3.03. The summed E-state index contributed by atoms with van der Waals surface area (Å²) in [6.45, 7) is 4.23. The Bertz CT molecular complexity index is 1620. The number of fused-ring (bicyclic) bond motifs is 1. The second-order valence-corrected chi connectivity index (χ2v) is 12.2. The van der Waals surface area contributed by atoms with Crippen LogP contribution in [0.15, 0.2) is 60.7 Å². The van der Waals surface area contributed by atoms with Crippen molar-refractivity contribution >= 4 is 38.3 Å². The van der Waals surface area contributed by atoms with E-state index in [9.17, 15) is 13.2 Å². The van der Waals surface area contributed by atoms with Gasteiger partial charge in [-0.05, 0) is 84.8 Å². The fourth-order valence-corrected chi connectivity index (χ4v) is 5.40. The van der Waals surface area contributed by atoms with Crippen LogP contribution in [-0.2, 0) is 21.1 Å². The molecule has 1 aromatic heterocycles. The molecule has 3 aromatic carbocycles. The summed E-state index contributed by atoms with van der Waals surface area (Å²) in [6, 6.07) is 19.9. The van der Waals surface area contributed by atoms with Gasteiger partial charge in [0.2, 0.25) is 0 Å². The highest BCUT2D eigenvalue weighted by Crippen LogP contribution is 2.39. The van der Waals surface area contributed by atoms with Gasteiger partial charge in [-0.25, -0.2) is 13.4 Å². The van der Waals surface area contributed by atoms with E-state index in [4.69, 9.17) is 26.4 Å². The number of hydrogen-bond donors (Lipinski definition) is 1. The monoisotopic (exact) mass is 551 g/mol. The molecule has 1 heterocycles. The molecule has 38 heavy (non-hydrogen) atoms. The van der Waals surface area contributed by atoms with Crippen LogP contribution in [0.2, 0.25) is 5.02 Å². The van der Waals surface area contributed by atoms with E-state index in [1.807, 2.05) is 68.4 Å². The van der Waals surface area contributed by atoms with Gasteiger partial charge in [-0.15, -0.1) is 0 Å². The smallest absolute Gasteiger partial charge is 0.303 e. The summed E-state index contributed by atoms with van der Waals surface area (Å²) in [4.78, 5) is 15.7. The number of benzene rings is 3. The van der Waals surface area contributed by atoms with Crippen molar-refractivity contribution in [3.05, 3.63) is 82.4 Å². The van der Waals surface area contributed by atoms with Crippen LogP contribution in [0.5, 0.6) is 5.75 Å². The molecule has 198 valence electrons. The average Bonchev–Trinajstić information content (AvgIpc) is 2.87. The molecular weight excluding hydrogens is 522 g/mol. The van der Waals surface area contributed by atoms with E-state index in [2.05, 4.69) is 6.07 Å². The third-order valence-electron chi connectivity index (χ3n) is 6.41. The van der Waals surface area contributed by atoms with E-state index in [-0.39, 0.29) is 18.8 Å². The molecule has 0 saturated heterocycles. The van der Waals surface area contributed by atoms with Gasteiger partial charge in [0.25, 0.3) is 0 Å². The molecule has 0 aliphatic heterocycles. The molecule has 0 saturated carbocycles. The van der Waals surface area contributed by atoms with E-state index in [1.165, 1.54) is 6.26 Å². The first-order valence-electron chi connectivity index (χ1n) is 12.3. The first-order valence-corrected chi connectivity index (χ1v) is 14.8. The van der Waals surface area contributed by atoms with Crippen LogP contribution in [0, 0.1) is 13.8 Å². The van der Waals surface area contributed by atoms with E-state index < -0.39 is 15.8 Å². The molecule has 0 bridgehead atoms. The van der Waals surface area contributed by atoms with Gasteiger partial charge in [-0.2, -0.15) is 0 Å². The normalized spacial score (nSPS) is 11.6. The zero-order valence-electron chi connectivity index (χ0n) is 21.6. The van der Waals surface area contributed by atoms with Gasteiger partial charge in [0.1, 0.15) is 15.6 Å². The Kier molecular flexibility index (Phi) is 8.38. The first-order chi connectivity index (χ1) is 18.0. The predicted octanol–water partition coefficient (Wildman–Crippen LogP) is 6.67. The lowest BCUT2D eigenvalue weighted by atomic mass is 9.93. The van der Waals surface area contributed by atoms with E-state index >= 15 is 0 Å². The Morgan fingerprint density at radius 3 is 2.53 bits per heavy atom. The number of ether oxygens (including phenoxy) is 1. The Balaban J connectivity index is 1.59. The third kappa shape index (κ3) is 6.71. The van der Waals surface area contributed by atoms with Gasteiger partial charge in [-0.1, -0.05) is 41.9 Å². The van der Waals surface area contributed by atoms with E-state index in [0.29, 0.717) is 23.6 Å². The molecule has 8 heteroatoms. The average molecular weight is 552 g/mol. The predicted molar refractivity (Wildman–Crippen MR) is 153 cm³/mol. The number of aliphatic carboxylic acids is 1. The van der Waals surface area contributed by atoms with Crippen molar-refractivity contribution < 1.29 is 23.1 Å². The van der Waals surface area contributed by atoms with Crippen LogP contribution in [0.4, 0.5) is 0 Å². The van der Waals surface area contributed by atoms with Gasteiger partial charge in [0.15, 0.2) is 0 Å². The van der Waals surface area contributed by atoms with Crippen molar-refractivity contribution in [3.8, 4) is 28.1 Å². The number of rotatable bonds is 10. The van der Waals surface area contributed by atoms with Gasteiger partial charge >= 0.3 is 5.97 Å². The molecule has 6 nitrogen and oxygen atoms in total. The Labute approximate surface area is 228 Å².